The first kappa shape index (κ1) is 15.7. The van der Waals surface area contributed by atoms with E-state index in [0.717, 1.165) is 19.3 Å². The lowest BCUT2D eigenvalue weighted by atomic mass is 10.0. The number of anilines is 1. The predicted molar refractivity (Wildman–Crippen MR) is 82.4 cm³/mol. The van der Waals surface area contributed by atoms with Crippen LogP contribution in [-0.2, 0) is 0 Å². The third kappa shape index (κ3) is 4.12. The second-order valence-corrected chi connectivity index (χ2v) is 5.54. The van der Waals surface area contributed by atoms with Gasteiger partial charge in [0.2, 0.25) is 0 Å². The van der Waals surface area contributed by atoms with Gasteiger partial charge in [-0.05, 0) is 31.4 Å². The van der Waals surface area contributed by atoms with Crippen molar-refractivity contribution in [1.29, 1.82) is 0 Å². The summed E-state index contributed by atoms with van der Waals surface area (Å²) in [6, 6.07) is 2.18. The Morgan fingerprint density at radius 1 is 1.24 bits per heavy atom. The molecule has 21 heavy (non-hydrogen) atoms. The molecule has 0 aliphatic heterocycles. The zero-order valence-electron chi connectivity index (χ0n) is 11.0. The number of carboxylic acids is 1. The summed E-state index contributed by atoms with van der Waals surface area (Å²) in [5, 5.41) is 14.7. The molecule has 0 spiro atoms. The maximum atomic E-state index is 12.0. The van der Waals surface area contributed by atoms with Crippen molar-refractivity contribution < 1.29 is 14.7 Å². The van der Waals surface area contributed by atoms with Crippen molar-refractivity contribution >= 4 is 40.9 Å². The third-order valence-corrected chi connectivity index (χ3v) is 3.64. The smallest absolute Gasteiger partial charge is 0.337 e. The molecule has 112 valence electrons. The van der Waals surface area contributed by atoms with E-state index in [2.05, 4.69) is 16.7 Å². The van der Waals surface area contributed by atoms with E-state index in [1.807, 2.05) is 6.08 Å². The van der Waals surface area contributed by atoms with Gasteiger partial charge in [0.15, 0.2) is 0 Å². The van der Waals surface area contributed by atoms with Gasteiger partial charge in [-0.25, -0.2) is 9.59 Å². The fourth-order valence-electron chi connectivity index (χ4n) is 2.13. The van der Waals surface area contributed by atoms with Crippen molar-refractivity contribution in [3.05, 3.63) is 39.9 Å². The van der Waals surface area contributed by atoms with Gasteiger partial charge in [0.05, 0.1) is 16.3 Å². The number of rotatable bonds is 3. The topological polar surface area (TPSA) is 78.4 Å². The number of hydrogen-bond acceptors (Lipinski definition) is 2. The van der Waals surface area contributed by atoms with Gasteiger partial charge in [-0.3, -0.25) is 0 Å². The van der Waals surface area contributed by atoms with Gasteiger partial charge in [0.1, 0.15) is 0 Å². The van der Waals surface area contributed by atoms with Gasteiger partial charge in [0, 0.05) is 11.1 Å². The number of halogens is 2. The van der Waals surface area contributed by atoms with E-state index in [1.54, 1.807) is 0 Å². The highest BCUT2D eigenvalue weighted by atomic mass is 35.5. The van der Waals surface area contributed by atoms with E-state index >= 15 is 0 Å². The maximum absolute atomic E-state index is 12.0. The number of carbonyl (C=O) groups is 2. The highest BCUT2D eigenvalue weighted by Gasteiger charge is 2.19. The molecule has 0 radical (unpaired) electrons. The molecule has 1 aromatic carbocycles. The normalized spacial score (nSPS) is 17.3. The van der Waals surface area contributed by atoms with Gasteiger partial charge in [-0.15, -0.1) is 0 Å². The SMILES string of the molecule is O=C(Nc1c(Cl)cc(Cl)cc1C(=O)O)NC1CC=CCC1. The van der Waals surface area contributed by atoms with Crippen molar-refractivity contribution in [3.8, 4) is 0 Å². The molecule has 0 aromatic heterocycles. The molecule has 0 bridgehead atoms. The Balaban J connectivity index is 2.13. The third-order valence-electron chi connectivity index (χ3n) is 3.13. The zero-order valence-corrected chi connectivity index (χ0v) is 12.5. The Labute approximate surface area is 131 Å². The largest absolute Gasteiger partial charge is 0.478 e. The molecular formula is C14H14Cl2N2O3. The molecule has 1 aliphatic rings. The molecule has 1 atom stereocenters. The molecule has 5 nitrogen and oxygen atoms in total. The first-order valence-corrected chi connectivity index (χ1v) is 7.18. The summed E-state index contributed by atoms with van der Waals surface area (Å²) < 4.78 is 0. The summed E-state index contributed by atoms with van der Waals surface area (Å²) in [6.07, 6.45) is 6.59. The van der Waals surface area contributed by atoms with Crippen LogP contribution in [0.4, 0.5) is 10.5 Å². The molecule has 0 saturated carbocycles. The van der Waals surface area contributed by atoms with E-state index in [0.29, 0.717) is 0 Å². The number of carbonyl (C=O) groups excluding carboxylic acids is 1. The number of amides is 2. The minimum Gasteiger partial charge on any atom is -0.478 e. The Morgan fingerprint density at radius 3 is 2.62 bits per heavy atom. The molecule has 0 fully saturated rings. The Hall–Kier alpha value is -1.72. The van der Waals surface area contributed by atoms with Gasteiger partial charge >= 0.3 is 12.0 Å². The van der Waals surface area contributed by atoms with Crippen LogP contribution in [0.25, 0.3) is 0 Å². The highest BCUT2D eigenvalue weighted by molar-refractivity contribution is 6.37. The van der Waals surface area contributed by atoms with E-state index < -0.39 is 12.0 Å². The summed E-state index contributed by atoms with van der Waals surface area (Å²) in [6.45, 7) is 0. The molecule has 7 heteroatoms. The van der Waals surface area contributed by atoms with Crippen LogP contribution in [0.3, 0.4) is 0 Å². The summed E-state index contributed by atoms with van der Waals surface area (Å²) >= 11 is 11.7. The first-order chi connectivity index (χ1) is 9.97. The first-order valence-electron chi connectivity index (χ1n) is 6.42. The monoisotopic (exact) mass is 328 g/mol. The zero-order chi connectivity index (χ0) is 15.4. The molecule has 0 saturated heterocycles. The molecule has 1 aliphatic carbocycles. The van der Waals surface area contributed by atoms with E-state index in [4.69, 9.17) is 28.3 Å². The standard InChI is InChI=1S/C14H14Cl2N2O3/c15-8-6-10(13(19)20)12(11(16)7-8)18-14(21)17-9-4-2-1-3-5-9/h1-2,6-7,9H,3-5H2,(H,19,20)(H2,17,18,21). The fraction of sp³-hybridized carbons (Fsp3) is 0.286. The minimum atomic E-state index is -1.21. The van der Waals surface area contributed by atoms with E-state index in [1.165, 1.54) is 12.1 Å². The number of carboxylic acid groups (broad SMARTS) is 1. The maximum Gasteiger partial charge on any atom is 0.337 e. The van der Waals surface area contributed by atoms with Gasteiger partial charge < -0.3 is 15.7 Å². The minimum absolute atomic E-state index is 0.0364. The number of hydrogen-bond donors (Lipinski definition) is 3. The molecule has 0 heterocycles. The molecule has 3 N–H and O–H groups in total. The van der Waals surface area contributed by atoms with Crippen LogP contribution in [0.15, 0.2) is 24.3 Å². The van der Waals surface area contributed by atoms with Crippen molar-refractivity contribution in [2.24, 2.45) is 0 Å². The van der Waals surface area contributed by atoms with Crippen LogP contribution in [0.2, 0.25) is 10.0 Å². The highest BCUT2D eigenvalue weighted by Crippen LogP contribution is 2.30. The fourth-order valence-corrected chi connectivity index (χ4v) is 2.67. The van der Waals surface area contributed by atoms with Crippen LogP contribution < -0.4 is 10.6 Å². The number of benzene rings is 1. The predicted octanol–water partition coefficient (Wildman–Crippen LogP) is 3.92. The average molecular weight is 329 g/mol. The van der Waals surface area contributed by atoms with Crippen LogP contribution in [0, 0.1) is 0 Å². The van der Waals surface area contributed by atoms with Crippen molar-refractivity contribution in [2.45, 2.75) is 25.3 Å². The van der Waals surface area contributed by atoms with Crippen molar-refractivity contribution in [3.63, 3.8) is 0 Å². The van der Waals surface area contributed by atoms with Crippen LogP contribution in [0.1, 0.15) is 29.6 Å². The second-order valence-electron chi connectivity index (χ2n) is 4.70. The van der Waals surface area contributed by atoms with Gasteiger partial charge in [-0.1, -0.05) is 35.4 Å². The van der Waals surface area contributed by atoms with Crippen molar-refractivity contribution in [2.75, 3.05) is 5.32 Å². The molecule has 2 rings (SSSR count). The quantitative estimate of drug-likeness (QED) is 0.736. The van der Waals surface area contributed by atoms with Crippen LogP contribution in [0.5, 0.6) is 0 Å². The van der Waals surface area contributed by atoms with Crippen molar-refractivity contribution in [1.82, 2.24) is 5.32 Å². The number of urea groups is 1. The van der Waals surface area contributed by atoms with Gasteiger partial charge in [0.25, 0.3) is 0 Å². The number of nitrogens with one attached hydrogen (secondary N) is 2. The van der Waals surface area contributed by atoms with Gasteiger partial charge in [-0.2, -0.15) is 0 Å². The van der Waals surface area contributed by atoms with E-state index in [9.17, 15) is 9.59 Å². The lowest BCUT2D eigenvalue weighted by molar-refractivity contribution is 0.0698. The Bertz CT molecular complexity index is 602. The average Bonchev–Trinajstić information content (AvgIpc) is 2.42. The number of aromatic carboxylic acids is 1. The molecule has 2 amide bonds. The summed E-state index contributed by atoms with van der Waals surface area (Å²) in [5.41, 5.74) is -0.108. The lowest BCUT2D eigenvalue weighted by Gasteiger charge is -2.20. The molecular weight excluding hydrogens is 315 g/mol. The van der Waals surface area contributed by atoms with Crippen LogP contribution >= 0.6 is 23.2 Å². The summed E-state index contributed by atoms with van der Waals surface area (Å²) in [4.78, 5) is 23.2. The Kier molecular flexibility index (Phi) is 5.09. The molecule has 1 aromatic rings. The summed E-state index contributed by atoms with van der Waals surface area (Å²) in [5.74, 6) is -1.21. The number of allylic oxidation sites excluding steroid dienone is 1. The van der Waals surface area contributed by atoms with E-state index in [-0.39, 0.29) is 27.3 Å². The second kappa shape index (κ2) is 6.83. The van der Waals surface area contributed by atoms with Crippen LogP contribution in [-0.4, -0.2) is 23.1 Å². The lowest BCUT2D eigenvalue weighted by Crippen LogP contribution is -2.38. The Morgan fingerprint density at radius 2 is 2.00 bits per heavy atom. The molecule has 1 unspecified atom stereocenters. The summed E-state index contributed by atoms with van der Waals surface area (Å²) in [7, 11) is 0.